The lowest BCUT2D eigenvalue weighted by Gasteiger charge is -2.17. The van der Waals surface area contributed by atoms with Gasteiger partial charge in [0, 0.05) is 18.7 Å². The van der Waals surface area contributed by atoms with Crippen LogP contribution < -0.4 is 17.6 Å². The van der Waals surface area contributed by atoms with E-state index in [2.05, 4.69) is 0 Å². The number of hydrogen-bond donors (Lipinski definition) is 3. The summed E-state index contributed by atoms with van der Waals surface area (Å²) in [5, 5.41) is 0. The standard InChI is InChI=1S/C6H14N2.H3N.H2/c1-6(2,3)5(8)4-7;;/h4H,7-8H2,1-3H3;1H3;1H/b5-4-;;. The van der Waals surface area contributed by atoms with Crippen molar-refractivity contribution in [2.75, 3.05) is 0 Å². The maximum atomic E-state index is 5.49. The van der Waals surface area contributed by atoms with E-state index in [4.69, 9.17) is 11.5 Å². The van der Waals surface area contributed by atoms with Gasteiger partial charge in [-0.2, -0.15) is 0 Å². The van der Waals surface area contributed by atoms with Crippen molar-refractivity contribution in [1.82, 2.24) is 6.15 Å². The summed E-state index contributed by atoms with van der Waals surface area (Å²) in [5.41, 5.74) is 11.4. The van der Waals surface area contributed by atoms with Crippen LogP contribution in [-0.4, -0.2) is 0 Å². The molecule has 0 radical (unpaired) electrons. The minimum atomic E-state index is 0. The highest BCUT2D eigenvalue weighted by molar-refractivity contribution is 5.03. The molecule has 0 aliphatic carbocycles. The van der Waals surface area contributed by atoms with Crippen molar-refractivity contribution in [3.05, 3.63) is 11.9 Å². The quantitative estimate of drug-likeness (QED) is 0.464. The fraction of sp³-hybridized carbons (Fsp3) is 0.667. The van der Waals surface area contributed by atoms with Crippen LogP contribution in [0.1, 0.15) is 22.2 Å². The van der Waals surface area contributed by atoms with Crippen molar-refractivity contribution in [3.63, 3.8) is 0 Å². The van der Waals surface area contributed by atoms with E-state index in [1.54, 1.807) is 0 Å². The fourth-order valence-corrected chi connectivity index (χ4v) is 0.250. The zero-order valence-electron chi connectivity index (χ0n) is 6.44. The molecule has 0 saturated carbocycles. The number of nitrogens with two attached hydrogens (primary N) is 2. The normalized spacial score (nSPS) is 12.6. The minimum Gasteiger partial charge on any atom is -0.403 e. The van der Waals surface area contributed by atoms with Crippen LogP contribution in [0.15, 0.2) is 11.9 Å². The number of hydrogen-bond acceptors (Lipinski definition) is 3. The lowest BCUT2D eigenvalue weighted by Crippen LogP contribution is -2.18. The lowest BCUT2D eigenvalue weighted by atomic mass is 9.93. The van der Waals surface area contributed by atoms with Crippen LogP contribution in [0, 0.1) is 5.41 Å². The maximum Gasteiger partial charge on any atom is 0.0292 e. The zero-order chi connectivity index (χ0) is 6.78. The first kappa shape index (κ1) is 11.1. The van der Waals surface area contributed by atoms with Gasteiger partial charge in [0.15, 0.2) is 0 Å². The molecule has 9 heavy (non-hydrogen) atoms. The molecular formula is C6H19N3. The summed E-state index contributed by atoms with van der Waals surface area (Å²) >= 11 is 0. The van der Waals surface area contributed by atoms with Gasteiger partial charge in [0.25, 0.3) is 0 Å². The average molecular weight is 133 g/mol. The monoisotopic (exact) mass is 133 g/mol. The SMILES string of the molecule is CC(C)(C)/C(N)=C/N.N.[HH]. The van der Waals surface area contributed by atoms with Gasteiger partial charge >= 0.3 is 0 Å². The summed E-state index contributed by atoms with van der Waals surface area (Å²) in [6.45, 7) is 6.06. The Morgan fingerprint density at radius 2 is 1.78 bits per heavy atom. The molecule has 0 bridgehead atoms. The molecular weight excluding hydrogens is 114 g/mol. The third-order valence-electron chi connectivity index (χ3n) is 1.05. The van der Waals surface area contributed by atoms with Gasteiger partial charge in [-0.15, -0.1) is 0 Å². The molecule has 0 aromatic heterocycles. The first-order chi connectivity index (χ1) is 3.48. The summed E-state index contributed by atoms with van der Waals surface area (Å²) < 4.78 is 0. The van der Waals surface area contributed by atoms with Crippen LogP contribution >= 0.6 is 0 Å². The number of rotatable bonds is 0. The van der Waals surface area contributed by atoms with Gasteiger partial charge in [-0.1, -0.05) is 20.8 Å². The van der Waals surface area contributed by atoms with Gasteiger partial charge in [0.2, 0.25) is 0 Å². The Bertz CT molecular complexity index is 104. The van der Waals surface area contributed by atoms with Crippen LogP contribution in [0.5, 0.6) is 0 Å². The summed E-state index contributed by atoms with van der Waals surface area (Å²) in [5.74, 6) is 0. The van der Waals surface area contributed by atoms with Gasteiger partial charge in [-0.25, -0.2) is 0 Å². The Balaban J connectivity index is -0.000000245. The van der Waals surface area contributed by atoms with Gasteiger partial charge in [0.1, 0.15) is 0 Å². The molecule has 0 unspecified atom stereocenters. The highest BCUT2D eigenvalue weighted by atomic mass is 14.7. The molecule has 0 saturated heterocycles. The Hall–Kier alpha value is -0.700. The van der Waals surface area contributed by atoms with Crippen LogP contribution in [-0.2, 0) is 0 Å². The molecule has 0 heterocycles. The molecule has 0 spiro atoms. The summed E-state index contributed by atoms with van der Waals surface area (Å²) in [6, 6.07) is 0. The van der Waals surface area contributed by atoms with Gasteiger partial charge in [-0.3, -0.25) is 0 Å². The smallest absolute Gasteiger partial charge is 0.0292 e. The van der Waals surface area contributed by atoms with E-state index in [0.29, 0.717) is 0 Å². The Labute approximate surface area is 58.2 Å². The van der Waals surface area contributed by atoms with E-state index in [-0.39, 0.29) is 13.0 Å². The first-order valence-corrected chi connectivity index (χ1v) is 2.66. The highest BCUT2D eigenvalue weighted by Gasteiger charge is 2.11. The third-order valence-corrected chi connectivity index (χ3v) is 1.05. The molecule has 0 aromatic rings. The molecule has 0 aliphatic rings. The van der Waals surface area contributed by atoms with Crippen molar-refractivity contribution in [3.8, 4) is 0 Å². The summed E-state index contributed by atoms with van der Waals surface area (Å²) in [7, 11) is 0. The van der Waals surface area contributed by atoms with E-state index >= 15 is 0 Å². The predicted octanol–water partition coefficient (Wildman–Crippen LogP) is 1.20. The van der Waals surface area contributed by atoms with Crippen LogP contribution in [0.2, 0.25) is 0 Å². The number of allylic oxidation sites excluding steroid dienone is 1. The molecule has 0 aromatic carbocycles. The minimum absolute atomic E-state index is 0. The second-order valence-electron chi connectivity index (χ2n) is 2.87. The van der Waals surface area contributed by atoms with Gasteiger partial charge in [0.05, 0.1) is 0 Å². The van der Waals surface area contributed by atoms with E-state index in [1.807, 2.05) is 20.8 Å². The first-order valence-electron chi connectivity index (χ1n) is 2.66. The Morgan fingerprint density at radius 3 is 1.78 bits per heavy atom. The molecule has 0 aliphatic heterocycles. The largest absolute Gasteiger partial charge is 0.403 e. The van der Waals surface area contributed by atoms with Crippen molar-refractivity contribution >= 4 is 0 Å². The Kier molecular flexibility index (Phi) is 4.15. The molecule has 3 heteroatoms. The maximum absolute atomic E-state index is 5.49. The van der Waals surface area contributed by atoms with Crippen molar-refractivity contribution in [1.29, 1.82) is 0 Å². The molecule has 0 amide bonds. The topological polar surface area (TPSA) is 87.0 Å². The molecule has 0 fully saturated rings. The zero-order valence-corrected chi connectivity index (χ0v) is 6.44. The molecule has 7 N–H and O–H groups in total. The van der Waals surface area contributed by atoms with E-state index in [1.165, 1.54) is 6.20 Å². The van der Waals surface area contributed by atoms with E-state index in [0.717, 1.165) is 5.70 Å². The van der Waals surface area contributed by atoms with Gasteiger partial charge < -0.3 is 17.6 Å². The Morgan fingerprint density at radius 1 is 1.44 bits per heavy atom. The second-order valence-corrected chi connectivity index (χ2v) is 2.87. The second kappa shape index (κ2) is 3.35. The fourth-order valence-electron chi connectivity index (χ4n) is 0.250. The molecule has 3 nitrogen and oxygen atoms in total. The van der Waals surface area contributed by atoms with Crippen LogP contribution in [0.3, 0.4) is 0 Å². The van der Waals surface area contributed by atoms with Crippen molar-refractivity contribution in [2.45, 2.75) is 20.8 Å². The van der Waals surface area contributed by atoms with Crippen molar-refractivity contribution < 1.29 is 1.43 Å². The van der Waals surface area contributed by atoms with Crippen molar-refractivity contribution in [2.24, 2.45) is 16.9 Å². The van der Waals surface area contributed by atoms with Crippen LogP contribution in [0.25, 0.3) is 0 Å². The van der Waals surface area contributed by atoms with E-state index < -0.39 is 0 Å². The lowest BCUT2D eigenvalue weighted by molar-refractivity contribution is 0.496. The summed E-state index contributed by atoms with van der Waals surface area (Å²) in [6.07, 6.45) is 1.44. The molecule has 58 valence electrons. The van der Waals surface area contributed by atoms with E-state index in [9.17, 15) is 0 Å². The summed E-state index contributed by atoms with van der Waals surface area (Å²) in [4.78, 5) is 0. The average Bonchev–Trinajstić information content (AvgIpc) is 1.62. The molecule has 0 atom stereocenters. The third kappa shape index (κ3) is 3.85. The molecule has 0 rings (SSSR count). The highest BCUT2D eigenvalue weighted by Crippen LogP contribution is 2.18. The predicted molar refractivity (Wildman–Crippen MR) is 43.0 cm³/mol. The van der Waals surface area contributed by atoms with Gasteiger partial charge in [-0.05, 0) is 0 Å². The van der Waals surface area contributed by atoms with Crippen LogP contribution in [0.4, 0.5) is 0 Å².